The molecule has 0 saturated carbocycles. The Hall–Kier alpha value is -3.55. The van der Waals surface area contributed by atoms with E-state index in [1.54, 1.807) is 12.1 Å². The highest BCUT2D eigenvalue weighted by Crippen LogP contribution is 2.34. The zero-order valence-corrected chi connectivity index (χ0v) is 14.4. The van der Waals surface area contributed by atoms with E-state index >= 15 is 0 Å². The number of para-hydroxylation sites is 1. The smallest absolute Gasteiger partial charge is 0.418 e. The molecule has 0 saturated heterocycles. The van der Waals surface area contributed by atoms with E-state index in [4.69, 9.17) is 4.42 Å². The fourth-order valence-electron chi connectivity index (χ4n) is 2.49. The Labute approximate surface area is 158 Å². The fraction of sp³-hybridized carbons (Fsp3) is 0.100. The van der Waals surface area contributed by atoms with Gasteiger partial charge in [0.15, 0.2) is 0 Å². The minimum absolute atomic E-state index is 0.125. The van der Waals surface area contributed by atoms with Crippen LogP contribution in [0.5, 0.6) is 0 Å². The van der Waals surface area contributed by atoms with Crippen molar-refractivity contribution < 1.29 is 27.2 Å². The van der Waals surface area contributed by atoms with Crippen LogP contribution >= 0.6 is 0 Å². The average molecular weight is 388 g/mol. The largest absolute Gasteiger partial charge is 0.467 e. The van der Waals surface area contributed by atoms with Crippen molar-refractivity contribution in [3.63, 3.8) is 0 Å². The molecule has 0 aliphatic heterocycles. The molecule has 0 aliphatic rings. The van der Waals surface area contributed by atoms with Gasteiger partial charge in [0.25, 0.3) is 11.8 Å². The number of hydrogen-bond acceptors (Lipinski definition) is 3. The van der Waals surface area contributed by atoms with Crippen LogP contribution < -0.4 is 10.6 Å². The summed E-state index contributed by atoms with van der Waals surface area (Å²) in [6.45, 7) is 0.211. The summed E-state index contributed by atoms with van der Waals surface area (Å²) in [5.74, 6) is -0.488. The van der Waals surface area contributed by atoms with Crippen LogP contribution in [0.25, 0.3) is 0 Å². The number of alkyl halides is 3. The van der Waals surface area contributed by atoms with E-state index in [-0.39, 0.29) is 23.7 Å². The minimum Gasteiger partial charge on any atom is -0.467 e. The molecule has 0 aliphatic carbocycles. The third-order valence-electron chi connectivity index (χ3n) is 3.89. The van der Waals surface area contributed by atoms with Crippen LogP contribution in [0, 0.1) is 0 Å². The van der Waals surface area contributed by atoms with E-state index in [1.807, 2.05) is 0 Å². The van der Waals surface area contributed by atoms with E-state index in [1.165, 1.54) is 48.7 Å². The van der Waals surface area contributed by atoms with Crippen molar-refractivity contribution in [2.24, 2.45) is 0 Å². The Bertz CT molecular complexity index is 965. The van der Waals surface area contributed by atoms with Crippen LogP contribution in [0.3, 0.4) is 0 Å². The molecule has 1 aromatic heterocycles. The number of nitrogens with one attached hydrogen (secondary N) is 2. The Morgan fingerprint density at radius 1 is 0.857 bits per heavy atom. The van der Waals surface area contributed by atoms with Gasteiger partial charge >= 0.3 is 6.18 Å². The standard InChI is InChI=1S/C20H15F3N2O3/c21-20(22,23)16-5-1-2-6-17(16)25-19(27)14-9-7-13(8-10-14)18(26)24-12-15-4-3-11-28-15/h1-11H,12H2,(H,24,26)(H,25,27). The SMILES string of the molecule is O=C(NCc1ccco1)c1ccc(C(=O)Nc2ccccc2C(F)(F)F)cc1. The number of anilines is 1. The van der Waals surface area contributed by atoms with E-state index in [0.717, 1.165) is 6.07 Å². The van der Waals surface area contributed by atoms with Crippen molar-refractivity contribution in [1.82, 2.24) is 5.32 Å². The maximum Gasteiger partial charge on any atom is 0.418 e. The highest BCUT2D eigenvalue weighted by molar-refractivity contribution is 6.05. The Kier molecular flexibility index (Phi) is 5.49. The molecule has 2 amide bonds. The molecule has 2 N–H and O–H groups in total. The molecule has 0 radical (unpaired) electrons. The predicted molar refractivity (Wildman–Crippen MR) is 95.7 cm³/mol. The van der Waals surface area contributed by atoms with Crippen LogP contribution in [0.15, 0.2) is 71.3 Å². The van der Waals surface area contributed by atoms with Gasteiger partial charge in [0, 0.05) is 11.1 Å². The summed E-state index contributed by atoms with van der Waals surface area (Å²) in [7, 11) is 0. The highest BCUT2D eigenvalue weighted by atomic mass is 19.4. The van der Waals surface area contributed by atoms with Crippen LogP contribution in [0.4, 0.5) is 18.9 Å². The molecule has 8 heteroatoms. The van der Waals surface area contributed by atoms with Crippen LogP contribution in [-0.4, -0.2) is 11.8 Å². The summed E-state index contributed by atoms with van der Waals surface area (Å²) >= 11 is 0. The molecule has 5 nitrogen and oxygen atoms in total. The number of carbonyl (C=O) groups is 2. The van der Waals surface area contributed by atoms with E-state index < -0.39 is 17.6 Å². The molecule has 0 bridgehead atoms. The molecule has 3 aromatic rings. The van der Waals surface area contributed by atoms with Gasteiger partial charge in [-0.05, 0) is 48.5 Å². The monoisotopic (exact) mass is 388 g/mol. The van der Waals surface area contributed by atoms with E-state index in [0.29, 0.717) is 11.3 Å². The van der Waals surface area contributed by atoms with Crippen molar-refractivity contribution in [3.8, 4) is 0 Å². The number of rotatable bonds is 5. The lowest BCUT2D eigenvalue weighted by atomic mass is 10.1. The van der Waals surface area contributed by atoms with Gasteiger partial charge in [-0.15, -0.1) is 0 Å². The number of benzene rings is 2. The summed E-state index contributed by atoms with van der Waals surface area (Å²) in [5, 5.41) is 4.91. The van der Waals surface area contributed by atoms with Crippen molar-refractivity contribution in [3.05, 3.63) is 89.4 Å². The van der Waals surface area contributed by atoms with E-state index in [9.17, 15) is 22.8 Å². The summed E-state index contributed by atoms with van der Waals surface area (Å²) in [6, 6.07) is 13.7. The second-order valence-electron chi connectivity index (χ2n) is 5.84. The summed E-state index contributed by atoms with van der Waals surface area (Å²) < 4.78 is 44.2. The summed E-state index contributed by atoms with van der Waals surface area (Å²) in [5.41, 5.74) is -0.837. The third-order valence-corrected chi connectivity index (χ3v) is 3.89. The second kappa shape index (κ2) is 7.99. The van der Waals surface area contributed by atoms with Crippen LogP contribution in [0.1, 0.15) is 32.0 Å². The highest BCUT2D eigenvalue weighted by Gasteiger charge is 2.33. The zero-order valence-electron chi connectivity index (χ0n) is 14.4. The van der Waals surface area contributed by atoms with Gasteiger partial charge in [-0.3, -0.25) is 9.59 Å². The molecule has 3 rings (SSSR count). The molecular weight excluding hydrogens is 373 g/mol. The molecule has 1 heterocycles. The van der Waals surface area contributed by atoms with Crippen molar-refractivity contribution in [1.29, 1.82) is 0 Å². The van der Waals surface area contributed by atoms with Gasteiger partial charge in [0.2, 0.25) is 0 Å². The van der Waals surface area contributed by atoms with Gasteiger partial charge in [0.1, 0.15) is 5.76 Å². The lowest BCUT2D eigenvalue weighted by Gasteiger charge is -2.13. The van der Waals surface area contributed by atoms with Gasteiger partial charge in [-0.1, -0.05) is 12.1 Å². The minimum atomic E-state index is -4.58. The van der Waals surface area contributed by atoms with Gasteiger partial charge in [-0.25, -0.2) is 0 Å². The first-order valence-corrected chi connectivity index (χ1v) is 8.23. The molecular formula is C20H15F3N2O3. The Morgan fingerprint density at radius 3 is 2.11 bits per heavy atom. The molecule has 0 spiro atoms. The lowest BCUT2D eigenvalue weighted by molar-refractivity contribution is -0.136. The normalized spacial score (nSPS) is 11.1. The maximum atomic E-state index is 13.0. The van der Waals surface area contributed by atoms with Gasteiger partial charge < -0.3 is 15.1 Å². The third kappa shape index (κ3) is 4.59. The molecule has 0 fully saturated rings. The Morgan fingerprint density at radius 2 is 1.50 bits per heavy atom. The fourth-order valence-corrected chi connectivity index (χ4v) is 2.49. The topological polar surface area (TPSA) is 71.3 Å². The summed E-state index contributed by atoms with van der Waals surface area (Å²) in [6.07, 6.45) is -3.09. The average Bonchev–Trinajstić information content (AvgIpc) is 3.19. The second-order valence-corrected chi connectivity index (χ2v) is 5.84. The van der Waals surface area contributed by atoms with Gasteiger partial charge in [0.05, 0.1) is 24.1 Å². The number of amides is 2. The maximum absolute atomic E-state index is 13.0. The van der Waals surface area contributed by atoms with Crippen molar-refractivity contribution >= 4 is 17.5 Å². The molecule has 0 atom stereocenters. The van der Waals surface area contributed by atoms with Crippen molar-refractivity contribution in [2.45, 2.75) is 12.7 Å². The first kappa shape index (κ1) is 19.2. The molecule has 0 unspecified atom stereocenters. The predicted octanol–water partition coefficient (Wildman–Crippen LogP) is 4.48. The summed E-state index contributed by atoms with van der Waals surface area (Å²) in [4.78, 5) is 24.4. The quantitative estimate of drug-likeness (QED) is 0.677. The van der Waals surface area contributed by atoms with Crippen LogP contribution in [-0.2, 0) is 12.7 Å². The van der Waals surface area contributed by atoms with Crippen molar-refractivity contribution in [2.75, 3.05) is 5.32 Å². The Balaban J connectivity index is 1.66. The van der Waals surface area contributed by atoms with Crippen LogP contribution in [0.2, 0.25) is 0 Å². The zero-order chi connectivity index (χ0) is 20.1. The number of carbonyl (C=O) groups excluding carboxylic acids is 2. The number of furan rings is 1. The first-order valence-electron chi connectivity index (χ1n) is 8.23. The molecule has 144 valence electrons. The number of hydrogen-bond donors (Lipinski definition) is 2. The molecule has 2 aromatic carbocycles. The van der Waals surface area contributed by atoms with Gasteiger partial charge in [-0.2, -0.15) is 13.2 Å². The lowest BCUT2D eigenvalue weighted by Crippen LogP contribution is -2.22. The molecule has 28 heavy (non-hydrogen) atoms. The number of halogens is 3. The van der Waals surface area contributed by atoms with E-state index in [2.05, 4.69) is 10.6 Å². The first-order chi connectivity index (χ1) is 13.3.